The molecule has 0 atom stereocenters. The molecule has 4 heteroatoms. The molecule has 0 aliphatic carbocycles. The molecular weight excluding hydrogens is 262 g/mol. The zero-order valence-corrected chi connectivity index (χ0v) is 11.5. The molecule has 0 aliphatic rings. The van der Waals surface area contributed by atoms with Gasteiger partial charge in [-0.05, 0) is 24.3 Å². The number of hydrogen-bond acceptors (Lipinski definition) is 2. The van der Waals surface area contributed by atoms with Crippen LogP contribution in [0.5, 0.6) is 0 Å². The zero-order chi connectivity index (χ0) is 14.8. The van der Waals surface area contributed by atoms with E-state index in [2.05, 4.69) is 11.4 Å². The Kier molecular flexibility index (Phi) is 3.17. The van der Waals surface area contributed by atoms with Crippen LogP contribution in [-0.4, -0.2) is 10.5 Å². The van der Waals surface area contributed by atoms with Gasteiger partial charge in [0.1, 0.15) is 0 Å². The largest absolute Gasteiger partial charge is 0.350 e. The van der Waals surface area contributed by atoms with Gasteiger partial charge in [0.15, 0.2) is 0 Å². The Morgan fingerprint density at radius 2 is 2.00 bits per heavy atom. The van der Waals surface area contributed by atoms with Crippen LogP contribution in [0.1, 0.15) is 15.9 Å². The monoisotopic (exact) mass is 275 g/mol. The Balaban J connectivity index is 1.96. The van der Waals surface area contributed by atoms with E-state index in [4.69, 9.17) is 5.26 Å². The molecule has 0 bridgehead atoms. The Hall–Kier alpha value is -3.06. The fourth-order valence-corrected chi connectivity index (χ4v) is 2.39. The highest BCUT2D eigenvalue weighted by Gasteiger charge is 2.13. The molecule has 0 spiro atoms. The van der Waals surface area contributed by atoms with Gasteiger partial charge < -0.3 is 9.88 Å². The number of nitrogens with one attached hydrogen (secondary N) is 1. The maximum Gasteiger partial charge on any atom is 0.257 e. The Labute approximate surface area is 122 Å². The highest BCUT2D eigenvalue weighted by atomic mass is 16.1. The van der Waals surface area contributed by atoms with Crippen molar-refractivity contribution in [1.29, 1.82) is 5.26 Å². The van der Waals surface area contributed by atoms with E-state index in [-0.39, 0.29) is 5.91 Å². The van der Waals surface area contributed by atoms with Crippen LogP contribution >= 0.6 is 0 Å². The molecule has 2 aromatic carbocycles. The van der Waals surface area contributed by atoms with E-state index in [1.807, 2.05) is 42.1 Å². The molecule has 1 amide bonds. The lowest BCUT2D eigenvalue weighted by molar-refractivity contribution is 0.102. The summed E-state index contributed by atoms with van der Waals surface area (Å²) in [5.74, 6) is -0.179. The third-order valence-electron chi connectivity index (χ3n) is 3.39. The van der Waals surface area contributed by atoms with Gasteiger partial charge in [-0.25, -0.2) is 0 Å². The second-order valence-electron chi connectivity index (χ2n) is 4.82. The van der Waals surface area contributed by atoms with Crippen molar-refractivity contribution in [2.24, 2.45) is 7.05 Å². The molecule has 21 heavy (non-hydrogen) atoms. The summed E-state index contributed by atoms with van der Waals surface area (Å²) in [6.45, 7) is 0. The highest BCUT2D eigenvalue weighted by molar-refractivity contribution is 6.13. The molecule has 0 aliphatic heterocycles. The van der Waals surface area contributed by atoms with E-state index < -0.39 is 0 Å². The summed E-state index contributed by atoms with van der Waals surface area (Å²) >= 11 is 0. The van der Waals surface area contributed by atoms with Crippen LogP contribution in [-0.2, 0) is 7.05 Å². The minimum Gasteiger partial charge on any atom is -0.350 e. The summed E-state index contributed by atoms with van der Waals surface area (Å²) in [5, 5.41) is 12.6. The summed E-state index contributed by atoms with van der Waals surface area (Å²) in [7, 11) is 1.91. The summed E-state index contributed by atoms with van der Waals surface area (Å²) in [6, 6.07) is 16.7. The molecule has 0 saturated heterocycles. The van der Waals surface area contributed by atoms with E-state index in [1.54, 1.807) is 24.3 Å². The smallest absolute Gasteiger partial charge is 0.257 e. The van der Waals surface area contributed by atoms with Crippen LogP contribution in [0.2, 0.25) is 0 Å². The number of carbonyl (C=O) groups is 1. The molecule has 0 radical (unpaired) electrons. The van der Waals surface area contributed by atoms with Crippen molar-refractivity contribution in [3.05, 3.63) is 65.9 Å². The lowest BCUT2D eigenvalue weighted by atomic mass is 10.1. The number of nitrogens with zero attached hydrogens (tertiary/aromatic N) is 2. The predicted octanol–water partition coefficient (Wildman–Crippen LogP) is 3.30. The number of anilines is 1. The fraction of sp³-hybridized carbons (Fsp3) is 0.0588. The van der Waals surface area contributed by atoms with Crippen molar-refractivity contribution in [3.8, 4) is 6.07 Å². The number of aromatic nitrogens is 1. The van der Waals surface area contributed by atoms with Gasteiger partial charge >= 0.3 is 0 Å². The van der Waals surface area contributed by atoms with Crippen LogP contribution in [0.3, 0.4) is 0 Å². The Morgan fingerprint density at radius 3 is 2.81 bits per heavy atom. The van der Waals surface area contributed by atoms with E-state index in [0.29, 0.717) is 16.8 Å². The Morgan fingerprint density at radius 1 is 1.19 bits per heavy atom. The number of fused-ring (bicyclic) bond motifs is 1. The van der Waals surface area contributed by atoms with Crippen LogP contribution in [0.4, 0.5) is 5.69 Å². The van der Waals surface area contributed by atoms with Gasteiger partial charge in [-0.2, -0.15) is 5.26 Å². The van der Waals surface area contributed by atoms with Gasteiger partial charge in [0, 0.05) is 29.8 Å². The fourth-order valence-electron chi connectivity index (χ4n) is 2.39. The first-order valence-electron chi connectivity index (χ1n) is 6.54. The number of amides is 1. The molecular formula is C17H13N3O. The minimum absolute atomic E-state index is 0.179. The topological polar surface area (TPSA) is 57.8 Å². The van der Waals surface area contributed by atoms with Crippen molar-refractivity contribution in [2.45, 2.75) is 0 Å². The first kappa shape index (κ1) is 12.9. The lowest BCUT2D eigenvalue weighted by Crippen LogP contribution is -2.11. The predicted molar refractivity (Wildman–Crippen MR) is 82.0 cm³/mol. The van der Waals surface area contributed by atoms with Crippen LogP contribution < -0.4 is 5.32 Å². The SMILES string of the molecule is Cn1cc(C(=O)Nc2cccc(C#N)c2)c2ccccc21. The van der Waals surface area contributed by atoms with Crippen molar-refractivity contribution in [3.63, 3.8) is 0 Å². The molecule has 3 aromatic rings. The Bertz CT molecular complexity index is 871. The molecule has 0 unspecified atom stereocenters. The zero-order valence-electron chi connectivity index (χ0n) is 11.5. The molecule has 1 heterocycles. The first-order valence-corrected chi connectivity index (χ1v) is 6.54. The molecule has 1 aromatic heterocycles. The van der Waals surface area contributed by atoms with Crippen LogP contribution in [0.25, 0.3) is 10.9 Å². The average molecular weight is 275 g/mol. The third kappa shape index (κ3) is 2.37. The molecule has 1 N–H and O–H groups in total. The first-order chi connectivity index (χ1) is 10.2. The highest BCUT2D eigenvalue weighted by Crippen LogP contribution is 2.21. The minimum atomic E-state index is -0.179. The van der Waals surface area contributed by atoms with Gasteiger partial charge in [-0.15, -0.1) is 0 Å². The molecule has 102 valence electrons. The maximum atomic E-state index is 12.4. The molecule has 3 rings (SSSR count). The average Bonchev–Trinajstić information content (AvgIpc) is 2.85. The van der Waals surface area contributed by atoms with Gasteiger partial charge in [-0.3, -0.25) is 4.79 Å². The van der Waals surface area contributed by atoms with Gasteiger partial charge in [0.25, 0.3) is 5.91 Å². The van der Waals surface area contributed by atoms with Crippen molar-refractivity contribution >= 4 is 22.5 Å². The number of benzene rings is 2. The molecule has 4 nitrogen and oxygen atoms in total. The lowest BCUT2D eigenvalue weighted by Gasteiger charge is -2.04. The quantitative estimate of drug-likeness (QED) is 0.780. The van der Waals surface area contributed by atoms with E-state index >= 15 is 0 Å². The van der Waals surface area contributed by atoms with Crippen molar-refractivity contribution < 1.29 is 4.79 Å². The standard InChI is InChI=1S/C17H13N3O/c1-20-11-15(14-7-2-3-8-16(14)20)17(21)19-13-6-4-5-12(9-13)10-18/h2-9,11H,1H3,(H,19,21). The van der Waals surface area contributed by atoms with E-state index in [9.17, 15) is 4.79 Å². The number of hydrogen-bond donors (Lipinski definition) is 1. The number of para-hydroxylation sites is 1. The number of carbonyl (C=O) groups excluding carboxylic acids is 1. The number of nitriles is 1. The number of aryl methyl sites for hydroxylation is 1. The third-order valence-corrected chi connectivity index (χ3v) is 3.39. The van der Waals surface area contributed by atoms with Gasteiger partial charge in [0.2, 0.25) is 0 Å². The molecule has 0 saturated carbocycles. The van der Waals surface area contributed by atoms with E-state index in [0.717, 1.165) is 10.9 Å². The second kappa shape index (κ2) is 5.14. The van der Waals surface area contributed by atoms with Gasteiger partial charge in [-0.1, -0.05) is 24.3 Å². The summed E-state index contributed by atoms with van der Waals surface area (Å²) < 4.78 is 1.93. The van der Waals surface area contributed by atoms with E-state index in [1.165, 1.54) is 0 Å². The summed E-state index contributed by atoms with van der Waals surface area (Å²) in [6.07, 6.45) is 1.81. The normalized spacial score (nSPS) is 10.3. The van der Waals surface area contributed by atoms with Crippen LogP contribution in [0, 0.1) is 11.3 Å². The van der Waals surface area contributed by atoms with Crippen molar-refractivity contribution in [1.82, 2.24) is 4.57 Å². The number of rotatable bonds is 2. The maximum absolute atomic E-state index is 12.4. The molecule has 0 fully saturated rings. The van der Waals surface area contributed by atoms with Gasteiger partial charge in [0.05, 0.1) is 17.2 Å². The summed E-state index contributed by atoms with van der Waals surface area (Å²) in [4.78, 5) is 12.4. The van der Waals surface area contributed by atoms with Crippen LogP contribution in [0.15, 0.2) is 54.7 Å². The van der Waals surface area contributed by atoms with Crippen molar-refractivity contribution in [2.75, 3.05) is 5.32 Å². The second-order valence-corrected chi connectivity index (χ2v) is 4.82. The summed E-state index contributed by atoms with van der Waals surface area (Å²) in [5.41, 5.74) is 2.77.